The first kappa shape index (κ1) is 10.6. The maximum Gasteiger partial charge on any atom is 0.334 e. The van der Waals surface area contributed by atoms with E-state index in [1.807, 2.05) is 30.3 Å². The van der Waals surface area contributed by atoms with E-state index in [4.69, 9.17) is 5.73 Å². The van der Waals surface area contributed by atoms with Crippen LogP contribution in [-0.4, -0.2) is 15.6 Å². The fourth-order valence-electron chi connectivity index (χ4n) is 1.20. The molecular weight excluding hydrogens is 226 g/mol. The summed E-state index contributed by atoms with van der Waals surface area (Å²) in [6.45, 7) is 0. The van der Waals surface area contributed by atoms with Crippen LogP contribution in [0.1, 0.15) is 0 Å². The van der Waals surface area contributed by atoms with E-state index < -0.39 is 11.7 Å². The number of imidazole rings is 1. The second-order valence-corrected chi connectivity index (χ2v) is 4.16. The topological polar surface area (TPSA) is 80.9 Å². The Labute approximate surface area is 95.3 Å². The number of hydrogen-bond donors (Lipinski definition) is 2. The highest BCUT2D eigenvalue weighted by molar-refractivity contribution is 7.99. The summed E-state index contributed by atoms with van der Waals surface area (Å²) in [5.74, 6) is 0. The molecule has 0 fully saturated rings. The van der Waals surface area contributed by atoms with Crippen molar-refractivity contribution in [3.63, 3.8) is 0 Å². The molecule has 2 rings (SSSR count). The Morgan fingerprint density at radius 1 is 1.31 bits per heavy atom. The summed E-state index contributed by atoms with van der Waals surface area (Å²) in [5.41, 5.74) is 4.49. The molecule has 0 unspecified atom stereocenters. The molecule has 6 heteroatoms. The molecule has 0 radical (unpaired) electrons. The van der Waals surface area contributed by atoms with Gasteiger partial charge in [0.15, 0.2) is 0 Å². The fourth-order valence-corrected chi connectivity index (χ4v) is 2.05. The molecule has 0 bridgehead atoms. The zero-order valence-electron chi connectivity index (χ0n) is 8.21. The molecule has 1 aromatic heterocycles. The van der Waals surface area contributed by atoms with Crippen molar-refractivity contribution in [3.8, 4) is 0 Å². The molecule has 0 atom stereocenters. The lowest BCUT2D eigenvalue weighted by Crippen LogP contribution is -2.28. The van der Waals surface area contributed by atoms with Crippen molar-refractivity contribution in [2.24, 2.45) is 5.73 Å². The van der Waals surface area contributed by atoms with Gasteiger partial charge in [0.2, 0.25) is 0 Å². The maximum atomic E-state index is 11.3. The van der Waals surface area contributed by atoms with Gasteiger partial charge >= 0.3 is 11.7 Å². The molecule has 3 N–H and O–H groups in total. The number of rotatable bonds is 2. The van der Waals surface area contributed by atoms with E-state index in [2.05, 4.69) is 4.98 Å². The largest absolute Gasteiger partial charge is 0.351 e. The quantitative estimate of drug-likeness (QED) is 0.822. The zero-order valence-corrected chi connectivity index (χ0v) is 9.03. The third-order valence-electron chi connectivity index (χ3n) is 1.90. The molecule has 0 saturated heterocycles. The molecule has 1 aromatic carbocycles. The Bertz CT molecular complexity index is 559. The molecular formula is C10H9N3O2S. The summed E-state index contributed by atoms with van der Waals surface area (Å²) in [4.78, 5) is 25.6. The first-order chi connectivity index (χ1) is 7.66. The number of H-pyrrole nitrogens is 1. The SMILES string of the molecule is NC(=O)n1cc(Sc2ccccc2)[nH]c1=O. The Hall–Kier alpha value is -1.95. The third-order valence-corrected chi connectivity index (χ3v) is 2.84. The Kier molecular flexibility index (Phi) is 2.82. The molecule has 2 aromatic rings. The van der Waals surface area contributed by atoms with E-state index in [0.29, 0.717) is 5.03 Å². The van der Waals surface area contributed by atoms with Gasteiger partial charge in [0.05, 0.1) is 5.03 Å². The number of aromatic nitrogens is 2. The average molecular weight is 235 g/mol. The van der Waals surface area contributed by atoms with E-state index in [1.54, 1.807) is 0 Å². The molecule has 16 heavy (non-hydrogen) atoms. The standard InChI is InChI=1S/C10H9N3O2S/c11-9(14)13-6-8(12-10(13)15)16-7-4-2-1-3-5-7/h1-6H,(H2,11,14)(H,12,15). The van der Waals surface area contributed by atoms with Crippen LogP contribution in [0.15, 0.2) is 51.2 Å². The van der Waals surface area contributed by atoms with Crippen molar-refractivity contribution in [1.82, 2.24) is 9.55 Å². The number of benzene rings is 1. The second kappa shape index (κ2) is 4.28. The number of aromatic amines is 1. The van der Waals surface area contributed by atoms with Gasteiger partial charge in [-0.1, -0.05) is 30.0 Å². The molecule has 0 aliphatic carbocycles. The van der Waals surface area contributed by atoms with Crippen LogP contribution in [-0.2, 0) is 0 Å². The van der Waals surface area contributed by atoms with Crippen LogP contribution >= 0.6 is 11.8 Å². The van der Waals surface area contributed by atoms with Crippen LogP contribution in [0.4, 0.5) is 4.79 Å². The molecule has 82 valence electrons. The smallest absolute Gasteiger partial charge is 0.334 e. The number of nitrogens with zero attached hydrogens (tertiary/aromatic N) is 1. The van der Waals surface area contributed by atoms with Crippen LogP contribution in [0.25, 0.3) is 0 Å². The Balaban J connectivity index is 2.27. The van der Waals surface area contributed by atoms with Crippen molar-refractivity contribution in [2.75, 3.05) is 0 Å². The molecule has 0 aliphatic heterocycles. The summed E-state index contributed by atoms with van der Waals surface area (Å²) >= 11 is 1.36. The molecule has 0 spiro atoms. The lowest BCUT2D eigenvalue weighted by atomic mass is 10.4. The minimum atomic E-state index is -0.791. The Morgan fingerprint density at radius 2 is 2.00 bits per heavy atom. The number of hydrogen-bond acceptors (Lipinski definition) is 3. The van der Waals surface area contributed by atoms with E-state index in [1.165, 1.54) is 18.0 Å². The van der Waals surface area contributed by atoms with Crippen LogP contribution in [0.3, 0.4) is 0 Å². The summed E-state index contributed by atoms with van der Waals surface area (Å²) in [6, 6.07) is 8.72. The zero-order chi connectivity index (χ0) is 11.5. The minimum absolute atomic E-state index is 0.522. The molecule has 1 amide bonds. The Morgan fingerprint density at radius 3 is 2.56 bits per heavy atom. The fraction of sp³-hybridized carbons (Fsp3) is 0. The summed E-state index contributed by atoms with van der Waals surface area (Å²) < 4.78 is 0.839. The first-order valence-corrected chi connectivity index (χ1v) is 5.33. The van der Waals surface area contributed by atoms with E-state index >= 15 is 0 Å². The van der Waals surface area contributed by atoms with Crippen molar-refractivity contribution < 1.29 is 4.79 Å². The normalized spacial score (nSPS) is 10.2. The van der Waals surface area contributed by atoms with Gasteiger partial charge < -0.3 is 5.73 Å². The van der Waals surface area contributed by atoms with Gasteiger partial charge in [0.25, 0.3) is 0 Å². The highest BCUT2D eigenvalue weighted by Gasteiger charge is 2.07. The second-order valence-electron chi connectivity index (χ2n) is 3.05. The van der Waals surface area contributed by atoms with Gasteiger partial charge in [-0.05, 0) is 12.1 Å². The maximum absolute atomic E-state index is 11.3. The third kappa shape index (κ3) is 2.17. The van der Waals surface area contributed by atoms with Gasteiger partial charge in [-0.3, -0.25) is 4.98 Å². The van der Waals surface area contributed by atoms with Gasteiger partial charge in [-0.2, -0.15) is 0 Å². The van der Waals surface area contributed by atoms with E-state index in [-0.39, 0.29) is 0 Å². The number of carbonyl (C=O) groups is 1. The van der Waals surface area contributed by atoms with Crippen LogP contribution < -0.4 is 11.4 Å². The van der Waals surface area contributed by atoms with Gasteiger partial charge in [-0.25, -0.2) is 14.2 Å². The predicted octanol–water partition coefficient (Wildman–Crippen LogP) is 1.25. The van der Waals surface area contributed by atoms with Crippen molar-refractivity contribution in [3.05, 3.63) is 47.0 Å². The summed E-state index contributed by atoms with van der Waals surface area (Å²) in [5, 5.41) is 0.579. The van der Waals surface area contributed by atoms with Crippen LogP contribution in [0.5, 0.6) is 0 Å². The molecule has 0 saturated carbocycles. The lowest BCUT2D eigenvalue weighted by molar-refractivity contribution is 0.249. The van der Waals surface area contributed by atoms with E-state index in [9.17, 15) is 9.59 Å². The monoisotopic (exact) mass is 235 g/mol. The predicted molar refractivity (Wildman–Crippen MR) is 60.6 cm³/mol. The average Bonchev–Trinajstić information content (AvgIpc) is 2.61. The highest BCUT2D eigenvalue weighted by Crippen LogP contribution is 2.24. The molecule has 5 nitrogen and oxygen atoms in total. The number of nitrogens with one attached hydrogen (secondary N) is 1. The van der Waals surface area contributed by atoms with Crippen molar-refractivity contribution >= 4 is 17.8 Å². The van der Waals surface area contributed by atoms with Gasteiger partial charge in [0, 0.05) is 11.1 Å². The summed E-state index contributed by atoms with van der Waals surface area (Å²) in [6.07, 6.45) is 1.39. The van der Waals surface area contributed by atoms with Crippen LogP contribution in [0, 0.1) is 0 Å². The first-order valence-electron chi connectivity index (χ1n) is 4.51. The number of amides is 1. The van der Waals surface area contributed by atoms with Crippen molar-refractivity contribution in [1.29, 1.82) is 0 Å². The van der Waals surface area contributed by atoms with Crippen molar-refractivity contribution in [2.45, 2.75) is 9.92 Å². The molecule has 1 heterocycles. The number of primary amides is 1. The highest BCUT2D eigenvalue weighted by atomic mass is 32.2. The summed E-state index contributed by atoms with van der Waals surface area (Å²) in [7, 11) is 0. The van der Waals surface area contributed by atoms with Gasteiger partial charge in [0.1, 0.15) is 0 Å². The lowest BCUT2D eigenvalue weighted by Gasteiger charge is -1.95. The number of nitrogens with two attached hydrogens (primary N) is 1. The number of carbonyl (C=O) groups excluding carboxylic acids is 1. The van der Waals surface area contributed by atoms with E-state index in [0.717, 1.165) is 9.46 Å². The van der Waals surface area contributed by atoms with Crippen LogP contribution in [0.2, 0.25) is 0 Å². The van der Waals surface area contributed by atoms with Gasteiger partial charge in [-0.15, -0.1) is 0 Å². The minimum Gasteiger partial charge on any atom is -0.351 e. The molecule has 0 aliphatic rings.